The predicted molar refractivity (Wildman–Crippen MR) is 114 cm³/mol. The summed E-state index contributed by atoms with van der Waals surface area (Å²) in [6.45, 7) is 1.24. The maximum Gasteiger partial charge on any atom is 0.243 e. The van der Waals surface area contributed by atoms with Gasteiger partial charge in [-0.05, 0) is 66.6 Å². The van der Waals surface area contributed by atoms with Crippen LogP contribution in [0.25, 0.3) is 0 Å². The molecule has 6 heteroatoms. The molecule has 2 aliphatic heterocycles. The van der Waals surface area contributed by atoms with Crippen LogP contribution in [-0.2, 0) is 10.0 Å². The van der Waals surface area contributed by atoms with Crippen molar-refractivity contribution in [3.63, 3.8) is 0 Å². The fourth-order valence-electron chi connectivity index (χ4n) is 5.00. The number of benzene rings is 2. The van der Waals surface area contributed by atoms with Crippen LogP contribution in [0.15, 0.2) is 59.5 Å². The molecule has 0 radical (unpaired) electrons. The molecular formula is C23H26N2O3S. The number of phenols is 1. The highest BCUT2D eigenvalue weighted by Gasteiger charge is 2.39. The van der Waals surface area contributed by atoms with Crippen LogP contribution in [0.5, 0.6) is 5.75 Å². The van der Waals surface area contributed by atoms with E-state index in [0.717, 1.165) is 42.5 Å². The first-order valence-corrected chi connectivity index (χ1v) is 11.8. The van der Waals surface area contributed by atoms with Gasteiger partial charge in [-0.3, -0.25) is 0 Å². The van der Waals surface area contributed by atoms with Gasteiger partial charge in [0.1, 0.15) is 5.75 Å². The molecule has 2 aromatic rings. The third-order valence-electron chi connectivity index (χ3n) is 6.54. The molecule has 1 saturated heterocycles. The van der Waals surface area contributed by atoms with Gasteiger partial charge in [0.05, 0.1) is 10.9 Å². The Hall–Kier alpha value is -2.31. The number of rotatable bonds is 3. The van der Waals surface area contributed by atoms with Crippen LogP contribution < -0.4 is 5.32 Å². The smallest absolute Gasteiger partial charge is 0.243 e. The lowest BCUT2D eigenvalue weighted by molar-refractivity contribution is 0.346. The molecule has 0 saturated carbocycles. The van der Waals surface area contributed by atoms with Crippen molar-refractivity contribution >= 4 is 15.7 Å². The van der Waals surface area contributed by atoms with E-state index in [-0.39, 0.29) is 17.7 Å². The fourth-order valence-corrected chi connectivity index (χ4v) is 6.55. The van der Waals surface area contributed by atoms with Crippen LogP contribution in [0, 0.1) is 5.92 Å². The number of hydrogen-bond donors (Lipinski definition) is 2. The summed E-state index contributed by atoms with van der Waals surface area (Å²) in [7, 11) is -3.44. The number of allylic oxidation sites excluding steroid dienone is 2. The van der Waals surface area contributed by atoms with E-state index < -0.39 is 10.0 Å². The van der Waals surface area contributed by atoms with Crippen molar-refractivity contribution in [3.05, 3.63) is 65.7 Å². The highest BCUT2D eigenvalue weighted by atomic mass is 32.2. The van der Waals surface area contributed by atoms with Gasteiger partial charge in [-0.2, -0.15) is 4.31 Å². The first-order chi connectivity index (χ1) is 14.0. The van der Waals surface area contributed by atoms with E-state index in [9.17, 15) is 13.5 Å². The van der Waals surface area contributed by atoms with Crippen molar-refractivity contribution in [2.75, 3.05) is 18.4 Å². The van der Waals surface area contributed by atoms with Gasteiger partial charge in [-0.15, -0.1) is 0 Å². The molecule has 3 aliphatic rings. The van der Waals surface area contributed by atoms with Gasteiger partial charge in [-0.25, -0.2) is 8.42 Å². The fraction of sp³-hybridized carbons (Fsp3) is 0.391. The third kappa shape index (κ3) is 3.24. The lowest BCUT2D eigenvalue weighted by atomic mass is 9.77. The summed E-state index contributed by atoms with van der Waals surface area (Å²) < 4.78 is 27.9. The summed E-state index contributed by atoms with van der Waals surface area (Å²) in [5.41, 5.74) is 3.20. The molecule has 0 amide bonds. The van der Waals surface area contributed by atoms with Gasteiger partial charge in [-0.1, -0.05) is 30.7 Å². The number of aromatic hydroxyl groups is 1. The van der Waals surface area contributed by atoms with Crippen LogP contribution in [-0.4, -0.2) is 30.9 Å². The number of nitrogens with one attached hydrogen (secondary N) is 1. The number of hydrogen-bond acceptors (Lipinski definition) is 4. The molecule has 0 aromatic heterocycles. The Morgan fingerprint density at radius 3 is 2.52 bits per heavy atom. The molecule has 0 spiro atoms. The average Bonchev–Trinajstić information content (AvgIpc) is 3.24. The van der Waals surface area contributed by atoms with E-state index in [2.05, 4.69) is 17.5 Å². The second-order valence-corrected chi connectivity index (χ2v) is 10.2. The Kier molecular flexibility index (Phi) is 4.63. The van der Waals surface area contributed by atoms with E-state index >= 15 is 0 Å². The van der Waals surface area contributed by atoms with E-state index in [0.29, 0.717) is 23.9 Å². The molecule has 3 atom stereocenters. The first kappa shape index (κ1) is 18.7. The molecule has 5 nitrogen and oxygen atoms in total. The molecule has 1 fully saturated rings. The zero-order valence-electron chi connectivity index (χ0n) is 16.3. The Bertz CT molecular complexity index is 1040. The van der Waals surface area contributed by atoms with Gasteiger partial charge < -0.3 is 10.4 Å². The predicted octanol–water partition coefficient (Wildman–Crippen LogP) is 4.39. The van der Waals surface area contributed by atoms with Crippen molar-refractivity contribution in [1.82, 2.24) is 4.31 Å². The summed E-state index contributed by atoms with van der Waals surface area (Å²) >= 11 is 0. The van der Waals surface area contributed by atoms with Gasteiger partial charge in [0, 0.05) is 24.7 Å². The molecule has 2 heterocycles. The van der Waals surface area contributed by atoms with Gasteiger partial charge >= 0.3 is 0 Å². The molecule has 5 rings (SSSR count). The minimum Gasteiger partial charge on any atom is -0.508 e. The third-order valence-corrected chi connectivity index (χ3v) is 8.43. The zero-order chi connectivity index (χ0) is 20.0. The van der Waals surface area contributed by atoms with Crippen LogP contribution in [0.2, 0.25) is 0 Å². The maximum atomic E-state index is 13.1. The Morgan fingerprint density at radius 1 is 1.00 bits per heavy atom. The highest BCUT2D eigenvalue weighted by molar-refractivity contribution is 7.89. The molecule has 2 N–H and O–H groups in total. The van der Waals surface area contributed by atoms with E-state index in [4.69, 9.17) is 0 Å². The lowest BCUT2D eigenvalue weighted by Gasteiger charge is -2.38. The number of anilines is 1. The van der Waals surface area contributed by atoms with E-state index in [1.165, 1.54) is 0 Å². The number of piperidine rings is 1. The largest absolute Gasteiger partial charge is 0.508 e. The van der Waals surface area contributed by atoms with Crippen LogP contribution in [0.1, 0.15) is 48.8 Å². The monoisotopic (exact) mass is 410 g/mol. The van der Waals surface area contributed by atoms with Gasteiger partial charge in [0.15, 0.2) is 0 Å². The summed E-state index contributed by atoms with van der Waals surface area (Å²) in [5, 5.41) is 13.3. The number of fused-ring (bicyclic) bond motifs is 3. The van der Waals surface area contributed by atoms with Crippen molar-refractivity contribution in [2.24, 2.45) is 5.92 Å². The topological polar surface area (TPSA) is 69.6 Å². The summed E-state index contributed by atoms with van der Waals surface area (Å²) in [5.74, 6) is 0.792. The van der Waals surface area contributed by atoms with Gasteiger partial charge in [0.2, 0.25) is 10.0 Å². The minimum absolute atomic E-state index is 0.132. The number of nitrogens with zero attached hydrogens (tertiary/aromatic N) is 1. The first-order valence-electron chi connectivity index (χ1n) is 10.4. The highest BCUT2D eigenvalue weighted by Crippen LogP contribution is 2.50. The second kappa shape index (κ2) is 7.18. The Balaban J connectivity index is 1.51. The Labute approximate surface area is 172 Å². The molecular weight excluding hydrogens is 384 g/mol. The summed E-state index contributed by atoms with van der Waals surface area (Å²) in [4.78, 5) is 0.405. The molecule has 29 heavy (non-hydrogen) atoms. The van der Waals surface area contributed by atoms with Crippen molar-refractivity contribution in [3.8, 4) is 5.75 Å². The molecule has 152 valence electrons. The maximum absolute atomic E-state index is 13.1. The quantitative estimate of drug-likeness (QED) is 0.736. The van der Waals surface area contributed by atoms with E-state index in [1.54, 1.807) is 22.5 Å². The van der Waals surface area contributed by atoms with Crippen LogP contribution in [0.3, 0.4) is 0 Å². The minimum atomic E-state index is -3.44. The second-order valence-electron chi connectivity index (χ2n) is 8.28. The zero-order valence-corrected chi connectivity index (χ0v) is 17.1. The van der Waals surface area contributed by atoms with Crippen LogP contribution >= 0.6 is 0 Å². The standard InChI is InChI=1S/C23H26N2O3S/c26-17-9-7-16(8-10-17)23-20-6-4-5-19(20)21-15-18(11-12-22(21)24-23)29(27,28)25-13-2-1-3-14-25/h4-5,7-12,15,19-20,23-24,26H,1-3,6,13-14H2. The molecule has 0 bridgehead atoms. The SMILES string of the molecule is O=S(=O)(c1ccc2c(c1)C1C=CCC1C(c1ccc(O)cc1)N2)N1CCCCC1. The summed E-state index contributed by atoms with van der Waals surface area (Å²) in [6, 6.07) is 13.0. The van der Waals surface area contributed by atoms with Crippen LogP contribution in [0.4, 0.5) is 5.69 Å². The van der Waals surface area contributed by atoms with Gasteiger partial charge in [0.25, 0.3) is 0 Å². The molecule has 3 unspecified atom stereocenters. The van der Waals surface area contributed by atoms with Crippen molar-refractivity contribution < 1.29 is 13.5 Å². The van der Waals surface area contributed by atoms with Crippen molar-refractivity contribution in [2.45, 2.75) is 42.5 Å². The molecule has 1 aliphatic carbocycles. The number of sulfonamides is 1. The van der Waals surface area contributed by atoms with E-state index in [1.807, 2.05) is 24.3 Å². The van der Waals surface area contributed by atoms with Crippen molar-refractivity contribution in [1.29, 1.82) is 0 Å². The normalized spacial score (nSPS) is 26.6. The summed E-state index contributed by atoms with van der Waals surface area (Å²) in [6.07, 6.45) is 8.35. The number of phenolic OH excluding ortho intramolecular Hbond substituents is 1. The lowest BCUT2D eigenvalue weighted by Crippen LogP contribution is -2.36. The average molecular weight is 411 g/mol. The molecule has 2 aromatic carbocycles. The Morgan fingerprint density at radius 2 is 1.76 bits per heavy atom.